The summed E-state index contributed by atoms with van der Waals surface area (Å²) in [6.07, 6.45) is -2.79. The molecule has 1 fully saturated rings. The molecule has 1 amide bonds. The first kappa shape index (κ1) is 18.7. The van der Waals surface area contributed by atoms with E-state index in [0.717, 1.165) is 25.9 Å². The number of likely N-dealkylation sites (N-methyl/N-ethyl adjacent to an activating group) is 1. The van der Waals surface area contributed by atoms with Gasteiger partial charge in [0.2, 0.25) is 5.91 Å². The van der Waals surface area contributed by atoms with Crippen LogP contribution >= 0.6 is 0 Å². The number of nitrogens with one attached hydrogen (secondary N) is 1. The standard InChI is InChI=1S/C9H18N2O2.C2HF3O2/c1-11(2)9(12)7-13-8-3-5-10-6-4-8;3-2(4,5)1(6)7/h8,10H,3-7H2,1-2H3;(H,6,7). The van der Waals surface area contributed by atoms with Crippen molar-refractivity contribution in [3.63, 3.8) is 0 Å². The number of piperidine rings is 1. The second kappa shape index (κ2) is 8.75. The fourth-order valence-corrected chi connectivity index (χ4v) is 1.28. The van der Waals surface area contributed by atoms with Gasteiger partial charge in [-0.05, 0) is 25.9 Å². The van der Waals surface area contributed by atoms with E-state index in [-0.39, 0.29) is 18.6 Å². The largest absolute Gasteiger partial charge is 0.490 e. The summed E-state index contributed by atoms with van der Waals surface area (Å²) in [6, 6.07) is 0. The number of alkyl halides is 3. The highest BCUT2D eigenvalue weighted by molar-refractivity contribution is 5.76. The number of nitrogens with zero attached hydrogens (tertiary/aromatic N) is 1. The third-order valence-corrected chi connectivity index (χ3v) is 2.47. The molecular formula is C11H19F3N2O4. The Morgan fingerprint density at radius 2 is 1.75 bits per heavy atom. The number of carbonyl (C=O) groups is 2. The molecule has 0 unspecified atom stereocenters. The van der Waals surface area contributed by atoms with E-state index in [4.69, 9.17) is 14.6 Å². The van der Waals surface area contributed by atoms with Gasteiger partial charge < -0.3 is 20.1 Å². The van der Waals surface area contributed by atoms with Gasteiger partial charge in [0.05, 0.1) is 6.10 Å². The van der Waals surface area contributed by atoms with Gasteiger partial charge in [0.1, 0.15) is 6.61 Å². The second-order valence-corrected chi connectivity index (χ2v) is 4.35. The maximum atomic E-state index is 11.2. The molecule has 0 atom stereocenters. The van der Waals surface area contributed by atoms with Crippen LogP contribution in [0.25, 0.3) is 0 Å². The quantitative estimate of drug-likeness (QED) is 0.792. The van der Waals surface area contributed by atoms with Gasteiger partial charge >= 0.3 is 12.1 Å². The number of halogens is 3. The number of rotatable bonds is 3. The summed E-state index contributed by atoms with van der Waals surface area (Å²) in [5.41, 5.74) is 0. The van der Waals surface area contributed by atoms with Crippen molar-refractivity contribution in [2.75, 3.05) is 33.8 Å². The molecule has 0 aromatic carbocycles. The van der Waals surface area contributed by atoms with Crippen molar-refractivity contribution in [3.8, 4) is 0 Å². The van der Waals surface area contributed by atoms with E-state index in [1.54, 1.807) is 19.0 Å². The molecule has 1 aliphatic rings. The lowest BCUT2D eigenvalue weighted by Crippen LogP contribution is -2.35. The lowest BCUT2D eigenvalue weighted by Gasteiger charge is -2.23. The van der Waals surface area contributed by atoms with Gasteiger partial charge in [-0.3, -0.25) is 4.79 Å². The second-order valence-electron chi connectivity index (χ2n) is 4.35. The first-order valence-corrected chi connectivity index (χ1v) is 5.97. The molecule has 0 saturated carbocycles. The zero-order valence-corrected chi connectivity index (χ0v) is 11.4. The van der Waals surface area contributed by atoms with E-state index in [9.17, 15) is 18.0 Å². The average molecular weight is 300 g/mol. The van der Waals surface area contributed by atoms with Gasteiger partial charge in [-0.2, -0.15) is 13.2 Å². The van der Waals surface area contributed by atoms with Crippen LogP contribution in [0.2, 0.25) is 0 Å². The van der Waals surface area contributed by atoms with Crippen molar-refractivity contribution in [2.45, 2.75) is 25.1 Å². The number of amides is 1. The summed E-state index contributed by atoms with van der Waals surface area (Å²) >= 11 is 0. The lowest BCUT2D eigenvalue weighted by molar-refractivity contribution is -0.192. The van der Waals surface area contributed by atoms with Crippen LogP contribution in [0.15, 0.2) is 0 Å². The molecule has 0 aliphatic carbocycles. The van der Waals surface area contributed by atoms with E-state index in [0.29, 0.717) is 0 Å². The Kier molecular flexibility index (Phi) is 8.16. The Bertz CT molecular complexity index is 315. The van der Waals surface area contributed by atoms with E-state index < -0.39 is 12.1 Å². The fourth-order valence-electron chi connectivity index (χ4n) is 1.28. The minimum absolute atomic E-state index is 0.0403. The molecule has 20 heavy (non-hydrogen) atoms. The third kappa shape index (κ3) is 8.70. The molecule has 0 radical (unpaired) electrons. The van der Waals surface area contributed by atoms with Crippen LogP contribution in [-0.2, 0) is 14.3 Å². The summed E-state index contributed by atoms with van der Waals surface area (Å²) in [5.74, 6) is -2.72. The zero-order chi connectivity index (χ0) is 15.8. The summed E-state index contributed by atoms with van der Waals surface area (Å²) in [5, 5.41) is 10.4. The molecule has 9 heteroatoms. The van der Waals surface area contributed by atoms with Gasteiger partial charge in [0.15, 0.2) is 0 Å². The van der Waals surface area contributed by atoms with Gasteiger partial charge in [-0.25, -0.2) is 4.79 Å². The Morgan fingerprint density at radius 3 is 2.10 bits per heavy atom. The van der Waals surface area contributed by atoms with Crippen LogP contribution in [-0.4, -0.2) is 68.0 Å². The highest BCUT2D eigenvalue weighted by atomic mass is 19.4. The van der Waals surface area contributed by atoms with Crippen molar-refractivity contribution in [2.24, 2.45) is 0 Å². The topological polar surface area (TPSA) is 78.9 Å². The third-order valence-electron chi connectivity index (χ3n) is 2.47. The molecule has 1 rings (SSSR count). The van der Waals surface area contributed by atoms with Crippen LogP contribution in [0, 0.1) is 0 Å². The zero-order valence-electron chi connectivity index (χ0n) is 11.4. The first-order chi connectivity index (χ1) is 9.14. The van der Waals surface area contributed by atoms with Crippen LogP contribution in [0.1, 0.15) is 12.8 Å². The molecular weight excluding hydrogens is 281 g/mol. The van der Waals surface area contributed by atoms with Gasteiger partial charge in [-0.1, -0.05) is 0 Å². The van der Waals surface area contributed by atoms with E-state index in [1.165, 1.54) is 0 Å². The minimum atomic E-state index is -5.08. The molecule has 0 bridgehead atoms. The molecule has 0 aromatic heterocycles. The number of hydrogen-bond donors (Lipinski definition) is 2. The lowest BCUT2D eigenvalue weighted by atomic mass is 10.1. The molecule has 6 nitrogen and oxygen atoms in total. The minimum Gasteiger partial charge on any atom is -0.475 e. The molecule has 2 N–H and O–H groups in total. The summed E-state index contributed by atoms with van der Waals surface area (Å²) in [7, 11) is 3.49. The number of aliphatic carboxylic acids is 1. The van der Waals surface area contributed by atoms with E-state index in [1.807, 2.05) is 0 Å². The fraction of sp³-hybridized carbons (Fsp3) is 0.818. The van der Waals surface area contributed by atoms with Crippen molar-refractivity contribution in [1.29, 1.82) is 0 Å². The first-order valence-electron chi connectivity index (χ1n) is 5.97. The average Bonchev–Trinajstić information content (AvgIpc) is 2.36. The van der Waals surface area contributed by atoms with Crippen molar-refractivity contribution < 1.29 is 32.6 Å². The molecule has 1 saturated heterocycles. The van der Waals surface area contributed by atoms with Crippen LogP contribution in [0.3, 0.4) is 0 Å². The normalized spacial score (nSPS) is 16.1. The predicted octanol–water partition coefficient (Wildman–Crippen LogP) is 0.476. The highest BCUT2D eigenvalue weighted by Gasteiger charge is 2.38. The Morgan fingerprint density at radius 1 is 1.30 bits per heavy atom. The predicted molar refractivity (Wildman–Crippen MR) is 64.2 cm³/mol. The smallest absolute Gasteiger partial charge is 0.475 e. The molecule has 0 aromatic rings. The number of hydrogen-bond acceptors (Lipinski definition) is 4. The highest BCUT2D eigenvalue weighted by Crippen LogP contribution is 2.13. The van der Waals surface area contributed by atoms with E-state index in [2.05, 4.69) is 5.32 Å². The number of ether oxygens (including phenoxy) is 1. The van der Waals surface area contributed by atoms with Gasteiger partial charge in [0, 0.05) is 14.1 Å². The van der Waals surface area contributed by atoms with Crippen molar-refractivity contribution in [1.82, 2.24) is 10.2 Å². The Labute approximate surface area is 114 Å². The Balaban J connectivity index is 0.000000441. The number of carbonyl (C=O) groups excluding carboxylic acids is 1. The monoisotopic (exact) mass is 300 g/mol. The van der Waals surface area contributed by atoms with Gasteiger partial charge in [-0.15, -0.1) is 0 Å². The van der Waals surface area contributed by atoms with Crippen LogP contribution in [0.4, 0.5) is 13.2 Å². The van der Waals surface area contributed by atoms with E-state index >= 15 is 0 Å². The molecule has 0 spiro atoms. The molecule has 1 aliphatic heterocycles. The van der Waals surface area contributed by atoms with Crippen LogP contribution < -0.4 is 5.32 Å². The molecule has 1 heterocycles. The SMILES string of the molecule is CN(C)C(=O)COC1CCNCC1.O=C(O)C(F)(F)F. The summed E-state index contributed by atoms with van der Waals surface area (Å²) in [4.78, 5) is 21.6. The molecule has 118 valence electrons. The van der Waals surface area contributed by atoms with Crippen LogP contribution in [0.5, 0.6) is 0 Å². The maximum Gasteiger partial charge on any atom is 0.490 e. The van der Waals surface area contributed by atoms with Crippen molar-refractivity contribution >= 4 is 11.9 Å². The summed E-state index contributed by atoms with van der Waals surface area (Å²) in [6.45, 7) is 2.22. The summed E-state index contributed by atoms with van der Waals surface area (Å²) < 4.78 is 37.2. The van der Waals surface area contributed by atoms with Crippen molar-refractivity contribution in [3.05, 3.63) is 0 Å². The number of carboxylic acid groups (broad SMARTS) is 1. The number of carboxylic acids is 1. The Hall–Kier alpha value is -1.35. The van der Waals surface area contributed by atoms with Gasteiger partial charge in [0.25, 0.3) is 0 Å². The maximum absolute atomic E-state index is 11.2.